The second kappa shape index (κ2) is 8.21. The number of likely N-dealkylation sites (N-methyl/N-ethyl adjacent to an activating group) is 1. The van der Waals surface area contributed by atoms with Gasteiger partial charge in [-0.05, 0) is 31.2 Å². The topological polar surface area (TPSA) is 55.9 Å². The normalized spacial score (nSPS) is 17.3. The van der Waals surface area contributed by atoms with Crippen LogP contribution in [0.3, 0.4) is 0 Å². The molecule has 1 aromatic rings. The Hall–Kier alpha value is -1.99. The van der Waals surface area contributed by atoms with Crippen LogP contribution in [0.2, 0.25) is 0 Å². The van der Waals surface area contributed by atoms with Crippen LogP contribution in [0.1, 0.15) is 6.92 Å². The molecular weight excluding hydrogens is 311 g/mol. The minimum atomic E-state index is -0.328. The van der Waals surface area contributed by atoms with Crippen LogP contribution in [0, 0.1) is 5.82 Å². The molecule has 2 rings (SSSR count). The molecule has 1 saturated heterocycles. The van der Waals surface area contributed by atoms with Gasteiger partial charge in [0, 0.05) is 46.0 Å². The summed E-state index contributed by atoms with van der Waals surface area (Å²) in [5.74, 6) is -0.351. The number of rotatable bonds is 5. The number of nitrogens with zero attached hydrogens (tertiary/aromatic N) is 3. The van der Waals surface area contributed by atoms with Gasteiger partial charge in [-0.1, -0.05) is 0 Å². The fourth-order valence-electron chi connectivity index (χ4n) is 2.78. The highest BCUT2D eigenvalue weighted by Gasteiger charge is 2.27. The molecule has 6 nitrogen and oxygen atoms in total. The zero-order valence-electron chi connectivity index (χ0n) is 14.5. The lowest BCUT2D eigenvalue weighted by molar-refractivity contribution is -0.134. The number of anilines is 1. The van der Waals surface area contributed by atoms with Crippen molar-refractivity contribution in [3.05, 3.63) is 30.1 Å². The van der Waals surface area contributed by atoms with E-state index < -0.39 is 0 Å². The van der Waals surface area contributed by atoms with Crippen molar-refractivity contribution in [1.29, 1.82) is 0 Å². The fraction of sp³-hybridized carbons (Fsp3) is 0.529. The predicted octanol–water partition coefficient (Wildman–Crippen LogP) is 0.858. The zero-order chi connectivity index (χ0) is 17.7. The molecule has 0 bridgehead atoms. The van der Waals surface area contributed by atoms with Crippen molar-refractivity contribution in [2.75, 3.05) is 52.1 Å². The van der Waals surface area contributed by atoms with E-state index in [1.54, 1.807) is 31.1 Å². The SMILES string of the molecule is C[C@@H](C(=O)N(C)C)N1CCN(CC(=O)Nc2ccc(F)cc2)CC1. The molecule has 1 atom stereocenters. The molecule has 1 fully saturated rings. The summed E-state index contributed by atoms with van der Waals surface area (Å²) < 4.78 is 12.9. The van der Waals surface area contributed by atoms with Crippen LogP contribution in [0.15, 0.2) is 24.3 Å². The van der Waals surface area contributed by atoms with Crippen LogP contribution in [0.5, 0.6) is 0 Å². The number of amides is 2. The van der Waals surface area contributed by atoms with Crippen molar-refractivity contribution in [3.8, 4) is 0 Å². The second-order valence-corrected chi connectivity index (χ2v) is 6.28. The molecule has 24 heavy (non-hydrogen) atoms. The minimum Gasteiger partial charge on any atom is -0.347 e. The number of carbonyl (C=O) groups is 2. The van der Waals surface area contributed by atoms with Crippen LogP contribution in [0.4, 0.5) is 10.1 Å². The molecule has 0 spiro atoms. The van der Waals surface area contributed by atoms with E-state index >= 15 is 0 Å². The smallest absolute Gasteiger partial charge is 0.239 e. The Labute approximate surface area is 142 Å². The van der Waals surface area contributed by atoms with Gasteiger partial charge in [0.25, 0.3) is 0 Å². The van der Waals surface area contributed by atoms with Crippen molar-refractivity contribution in [2.45, 2.75) is 13.0 Å². The van der Waals surface area contributed by atoms with Gasteiger partial charge in [0.1, 0.15) is 5.82 Å². The largest absolute Gasteiger partial charge is 0.347 e. The Kier molecular flexibility index (Phi) is 6.28. The Bertz CT molecular complexity index is 568. The molecule has 0 aromatic heterocycles. The zero-order valence-corrected chi connectivity index (χ0v) is 14.5. The maximum Gasteiger partial charge on any atom is 0.239 e. The average molecular weight is 336 g/mol. The minimum absolute atomic E-state index is 0.0949. The first kappa shape index (κ1) is 18.4. The van der Waals surface area contributed by atoms with Crippen molar-refractivity contribution in [3.63, 3.8) is 0 Å². The van der Waals surface area contributed by atoms with E-state index in [4.69, 9.17) is 0 Å². The Morgan fingerprint density at radius 2 is 1.75 bits per heavy atom. The Balaban J connectivity index is 1.77. The van der Waals surface area contributed by atoms with E-state index in [0.717, 1.165) is 26.2 Å². The van der Waals surface area contributed by atoms with E-state index in [2.05, 4.69) is 15.1 Å². The average Bonchev–Trinajstić information content (AvgIpc) is 2.56. The van der Waals surface area contributed by atoms with E-state index in [9.17, 15) is 14.0 Å². The van der Waals surface area contributed by atoms with Crippen LogP contribution >= 0.6 is 0 Å². The van der Waals surface area contributed by atoms with Gasteiger partial charge in [-0.2, -0.15) is 0 Å². The summed E-state index contributed by atoms with van der Waals surface area (Å²) in [6, 6.07) is 5.57. The lowest BCUT2D eigenvalue weighted by Gasteiger charge is -2.37. The summed E-state index contributed by atoms with van der Waals surface area (Å²) in [7, 11) is 3.52. The van der Waals surface area contributed by atoms with Crippen molar-refractivity contribution >= 4 is 17.5 Å². The summed E-state index contributed by atoms with van der Waals surface area (Å²) in [5, 5.41) is 2.76. The summed E-state index contributed by atoms with van der Waals surface area (Å²) >= 11 is 0. The maximum absolute atomic E-state index is 12.9. The van der Waals surface area contributed by atoms with E-state index in [-0.39, 0.29) is 23.7 Å². The van der Waals surface area contributed by atoms with E-state index in [1.165, 1.54) is 12.1 Å². The number of nitrogens with one attached hydrogen (secondary N) is 1. The Morgan fingerprint density at radius 3 is 2.29 bits per heavy atom. The van der Waals surface area contributed by atoms with Gasteiger partial charge in [-0.3, -0.25) is 19.4 Å². The molecule has 1 aliphatic heterocycles. The van der Waals surface area contributed by atoms with Gasteiger partial charge < -0.3 is 10.2 Å². The highest BCUT2D eigenvalue weighted by atomic mass is 19.1. The molecule has 2 amide bonds. The van der Waals surface area contributed by atoms with Gasteiger partial charge in [-0.15, -0.1) is 0 Å². The summed E-state index contributed by atoms with van der Waals surface area (Å²) in [4.78, 5) is 29.9. The third kappa shape index (κ3) is 5.01. The van der Waals surface area contributed by atoms with Crippen LogP contribution in [0.25, 0.3) is 0 Å². The van der Waals surface area contributed by atoms with Gasteiger partial charge in [0.2, 0.25) is 11.8 Å². The van der Waals surface area contributed by atoms with Crippen molar-refractivity contribution in [2.24, 2.45) is 0 Å². The monoisotopic (exact) mass is 336 g/mol. The maximum atomic E-state index is 12.9. The number of carbonyl (C=O) groups excluding carboxylic acids is 2. The number of hydrogen-bond donors (Lipinski definition) is 1. The predicted molar refractivity (Wildman–Crippen MR) is 91.2 cm³/mol. The molecule has 1 heterocycles. The first-order valence-corrected chi connectivity index (χ1v) is 8.10. The lowest BCUT2D eigenvalue weighted by atomic mass is 10.2. The molecular formula is C17H25FN4O2. The molecule has 1 N–H and O–H groups in total. The van der Waals surface area contributed by atoms with Crippen LogP contribution in [-0.2, 0) is 9.59 Å². The third-order valence-corrected chi connectivity index (χ3v) is 4.25. The number of piperazine rings is 1. The lowest BCUT2D eigenvalue weighted by Crippen LogP contribution is -2.54. The second-order valence-electron chi connectivity index (χ2n) is 6.28. The number of benzene rings is 1. The molecule has 0 aliphatic carbocycles. The standard InChI is InChI=1S/C17H25FN4O2/c1-13(17(24)20(2)3)22-10-8-21(9-11-22)12-16(23)19-15-6-4-14(18)5-7-15/h4-7,13H,8-12H2,1-3H3,(H,19,23)/t13-/m0/s1. The first-order valence-electron chi connectivity index (χ1n) is 8.10. The summed E-state index contributed by atoms with van der Waals surface area (Å²) in [5.41, 5.74) is 0.588. The molecule has 1 aromatic carbocycles. The molecule has 1 aliphatic rings. The third-order valence-electron chi connectivity index (χ3n) is 4.25. The van der Waals surface area contributed by atoms with Gasteiger partial charge in [-0.25, -0.2) is 4.39 Å². The summed E-state index contributed by atoms with van der Waals surface area (Å²) in [6.07, 6.45) is 0. The Morgan fingerprint density at radius 1 is 1.17 bits per heavy atom. The van der Waals surface area contributed by atoms with Crippen LogP contribution < -0.4 is 5.32 Å². The highest BCUT2D eigenvalue weighted by molar-refractivity contribution is 5.92. The first-order chi connectivity index (χ1) is 11.4. The van der Waals surface area contributed by atoms with Gasteiger partial charge >= 0.3 is 0 Å². The van der Waals surface area contributed by atoms with Crippen molar-refractivity contribution < 1.29 is 14.0 Å². The molecule has 0 radical (unpaired) electrons. The van der Waals surface area contributed by atoms with Gasteiger partial charge in [0.15, 0.2) is 0 Å². The quantitative estimate of drug-likeness (QED) is 0.866. The van der Waals surface area contributed by atoms with E-state index in [0.29, 0.717) is 12.2 Å². The molecule has 0 unspecified atom stereocenters. The number of halogens is 1. The molecule has 0 saturated carbocycles. The van der Waals surface area contributed by atoms with Crippen LogP contribution in [-0.4, -0.2) is 79.4 Å². The fourth-order valence-corrected chi connectivity index (χ4v) is 2.78. The molecule has 7 heteroatoms. The molecule has 132 valence electrons. The van der Waals surface area contributed by atoms with E-state index in [1.807, 2.05) is 6.92 Å². The number of hydrogen-bond acceptors (Lipinski definition) is 4. The van der Waals surface area contributed by atoms with Crippen molar-refractivity contribution in [1.82, 2.24) is 14.7 Å². The van der Waals surface area contributed by atoms with Gasteiger partial charge in [0.05, 0.1) is 12.6 Å². The summed E-state index contributed by atoms with van der Waals surface area (Å²) in [6.45, 7) is 5.19. The highest BCUT2D eigenvalue weighted by Crippen LogP contribution is 2.10.